The molecule has 1 amide bonds. The summed E-state index contributed by atoms with van der Waals surface area (Å²) in [5.74, 6) is -1.53. The van der Waals surface area contributed by atoms with Crippen molar-refractivity contribution >= 4 is 29.2 Å². The van der Waals surface area contributed by atoms with Crippen LogP contribution < -0.4 is 5.32 Å². The van der Waals surface area contributed by atoms with Crippen LogP contribution >= 0.6 is 11.6 Å². The lowest BCUT2D eigenvalue weighted by Crippen LogP contribution is -2.24. The van der Waals surface area contributed by atoms with Crippen LogP contribution in [0.5, 0.6) is 0 Å². The molecular weight excluding hydrogens is 285 g/mol. The van der Waals surface area contributed by atoms with Crippen molar-refractivity contribution in [3.05, 3.63) is 29.0 Å². The molecule has 1 aromatic carbocycles. The second kappa shape index (κ2) is 6.70. The smallest absolute Gasteiger partial charge is 0.306 e. The molecule has 0 aliphatic heterocycles. The highest BCUT2D eigenvalue weighted by Crippen LogP contribution is 2.19. The van der Waals surface area contributed by atoms with E-state index < -0.39 is 23.3 Å². The largest absolute Gasteiger partial charge is 0.460 e. The van der Waals surface area contributed by atoms with Crippen molar-refractivity contribution in [2.75, 3.05) is 5.32 Å². The Balaban J connectivity index is 2.48. The van der Waals surface area contributed by atoms with Gasteiger partial charge in [-0.05, 0) is 39.0 Å². The molecular formula is C14H17ClFNO3. The van der Waals surface area contributed by atoms with E-state index in [1.165, 1.54) is 12.1 Å². The van der Waals surface area contributed by atoms with E-state index in [-0.39, 0.29) is 18.5 Å². The fourth-order valence-electron chi connectivity index (χ4n) is 1.41. The zero-order chi connectivity index (χ0) is 15.3. The third kappa shape index (κ3) is 6.02. The Morgan fingerprint density at radius 2 is 1.95 bits per heavy atom. The quantitative estimate of drug-likeness (QED) is 0.865. The van der Waals surface area contributed by atoms with E-state index in [4.69, 9.17) is 16.3 Å². The minimum absolute atomic E-state index is 0.00770. The Morgan fingerprint density at radius 1 is 1.30 bits per heavy atom. The van der Waals surface area contributed by atoms with Gasteiger partial charge < -0.3 is 10.1 Å². The number of esters is 1. The number of benzene rings is 1. The molecule has 0 fully saturated rings. The SMILES string of the molecule is CC(C)(C)OC(=O)CCC(=O)Nc1cc(Cl)ccc1F. The molecule has 0 atom stereocenters. The van der Waals surface area contributed by atoms with E-state index in [2.05, 4.69) is 5.32 Å². The second-order valence-corrected chi connectivity index (χ2v) is 5.70. The van der Waals surface area contributed by atoms with Crippen molar-refractivity contribution < 1.29 is 18.7 Å². The third-order valence-corrected chi connectivity index (χ3v) is 2.41. The van der Waals surface area contributed by atoms with Crippen molar-refractivity contribution in [3.8, 4) is 0 Å². The average Bonchev–Trinajstić information content (AvgIpc) is 2.29. The minimum Gasteiger partial charge on any atom is -0.460 e. The van der Waals surface area contributed by atoms with Gasteiger partial charge in [0.2, 0.25) is 5.91 Å². The van der Waals surface area contributed by atoms with Gasteiger partial charge in [-0.15, -0.1) is 0 Å². The summed E-state index contributed by atoms with van der Waals surface area (Å²) in [6.07, 6.45) is -0.147. The van der Waals surface area contributed by atoms with Gasteiger partial charge in [0.15, 0.2) is 0 Å². The highest BCUT2D eigenvalue weighted by molar-refractivity contribution is 6.30. The number of carbonyl (C=O) groups is 2. The molecule has 4 nitrogen and oxygen atoms in total. The maximum atomic E-state index is 13.4. The molecule has 0 aliphatic carbocycles. The first-order valence-electron chi connectivity index (χ1n) is 6.14. The molecule has 110 valence electrons. The molecule has 0 heterocycles. The van der Waals surface area contributed by atoms with Crippen molar-refractivity contribution in [1.82, 2.24) is 0 Å². The summed E-state index contributed by atoms with van der Waals surface area (Å²) in [5, 5.41) is 2.68. The molecule has 6 heteroatoms. The molecule has 0 aliphatic rings. The average molecular weight is 302 g/mol. The van der Waals surface area contributed by atoms with Crippen LogP contribution in [0.4, 0.5) is 10.1 Å². The van der Waals surface area contributed by atoms with Gasteiger partial charge >= 0.3 is 5.97 Å². The van der Waals surface area contributed by atoms with Crippen LogP contribution in [0.1, 0.15) is 33.6 Å². The summed E-state index contributed by atoms with van der Waals surface area (Å²) < 4.78 is 18.5. The van der Waals surface area contributed by atoms with Crippen LogP contribution in [0.2, 0.25) is 5.02 Å². The Hall–Kier alpha value is -1.62. The predicted octanol–water partition coefficient (Wildman–Crippen LogP) is 3.54. The number of rotatable bonds is 4. The highest BCUT2D eigenvalue weighted by atomic mass is 35.5. The number of nitrogens with one attached hydrogen (secondary N) is 1. The first-order chi connectivity index (χ1) is 9.17. The topological polar surface area (TPSA) is 55.4 Å². The van der Waals surface area contributed by atoms with Crippen LogP contribution in [0.3, 0.4) is 0 Å². The van der Waals surface area contributed by atoms with Gasteiger partial charge in [0.1, 0.15) is 11.4 Å². The fraction of sp³-hybridized carbons (Fsp3) is 0.429. The summed E-state index contributed by atoms with van der Waals surface area (Å²) in [5.41, 5.74) is -0.598. The molecule has 1 N–H and O–H groups in total. The fourth-order valence-corrected chi connectivity index (χ4v) is 1.59. The van der Waals surface area contributed by atoms with Crippen molar-refractivity contribution in [2.45, 2.75) is 39.2 Å². The van der Waals surface area contributed by atoms with E-state index in [1.807, 2.05) is 0 Å². The van der Waals surface area contributed by atoms with Crippen LogP contribution in [0.25, 0.3) is 0 Å². The standard InChI is InChI=1S/C14H17ClFNO3/c1-14(2,3)20-13(19)7-6-12(18)17-11-8-9(15)4-5-10(11)16/h4-5,8H,6-7H2,1-3H3,(H,17,18). The highest BCUT2D eigenvalue weighted by Gasteiger charge is 2.17. The summed E-state index contributed by atoms with van der Waals surface area (Å²) in [6, 6.07) is 3.85. The molecule has 0 bridgehead atoms. The van der Waals surface area contributed by atoms with Crippen molar-refractivity contribution in [3.63, 3.8) is 0 Å². The third-order valence-electron chi connectivity index (χ3n) is 2.18. The molecule has 1 aromatic rings. The lowest BCUT2D eigenvalue weighted by atomic mass is 10.2. The molecule has 0 saturated heterocycles. The van der Waals surface area contributed by atoms with Gasteiger partial charge in [0, 0.05) is 11.4 Å². The van der Waals surface area contributed by atoms with E-state index in [0.717, 1.165) is 6.07 Å². The summed E-state index contributed by atoms with van der Waals surface area (Å²) in [4.78, 5) is 23.1. The van der Waals surface area contributed by atoms with E-state index in [1.54, 1.807) is 20.8 Å². The van der Waals surface area contributed by atoms with E-state index in [0.29, 0.717) is 5.02 Å². The van der Waals surface area contributed by atoms with Crippen LogP contribution in [0, 0.1) is 5.82 Å². The number of hydrogen-bond acceptors (Lipinski definition) is 3. The monoisotopic (exact) mass is 301 g/mol. The van der Waals surface area contributed by atoms with Gasteiger partial charge in [-0.25, -0.2) is 4.39 Å². The first kappa shape index (κ1) is 16.4. The van der Waals surface area contributed by atoms with E-state index >= 15 is 0 Å². The minimum atomic E-state index is -0.591. The van der Waals surface area contributed by atoms with Crippen molar-refractivity contribution in [1.29, 1.82) is 0 Å². The Kier molecular flexibility index (Phi) is 5.51. The van der Waals surface area contributed by atoms with Gasteiger partial charge in [-0.1, -0.05) is 11.6 Å². The zero-order valence-corrected chi connectivity index (χ0v) is 12.4. The number of anilines is 1. The van der Waals surface area contributed by atoms with Gasteiger partial charge in [-0.3, -0.25) is 9.59 Å². The lowest BCUT2D eigenvalue weighted by molar-refractivity contribution is -0.155. The molecule has 0 aromatic heterocycles. The van der Waals surface area contributed by atoms with Gasteiger partial charge in [0.25, 0.3) is 0 Å². The number of halogens is 2. The molecule has 0 unspecified atom stereocenters. The number of hydrogen-bond donors (Lipinski definition) is 1. The Labute approximate surface area is 122 Å². The first-order valence-corrected chi connectivity index (χ1v) is 6.52. The number of ether oxygens (including phenoxy) is 1. The lowest BCUT2D eigenvalue weighted by Gasteiger charge is -2.19. The zero-order valence-electron chi connectivity index (χ0n) is 11.6. The van der Waals surface area contributed by atoms with Crippen LogP contribution in [-0.4, -0.2) is 17.5 Å². The summed E-state index contributed by atoms with van der Waals surface area (Å²) in [7, 11) is 0. The molecule has 20 heavy (non-hydrogen) atoms. The molecule has 0 radical (unpaired) electrons. The van der Waals surface area contributed by atoms with Gasteiger partial charge in [0.05, 0.1) is 12.1 Å². The second-order valence-electron chi connectivity index (χ2n) is 5.26. The molecule has 0 spiro atoms. The Bertz CT molecular complexity index is 512. The van der Waals surface area contributed by atoms with E-state index in [9.17, 15) is 14.0 Å². The number of carbonyl (C=O) groups excluding carboxylic acids is 2. The molecule has 1 rings (SSSR count). The van der Waals surface area contributed by atoms with Crippen LogP contribution in [-0.2, 0) is 14.3 Å². The molecule has 0 saturated carbocycles. The van der Waals surface area contributed by atoms with Gasteiger partial charge in [-0.2, -0.15) is 0 Å². The predicted molar refractivity (Wildman–Crippen MR) is 75.1 cm³/mol. The Morgan fingerprint density at radius 3 is 2.55 bits per heavy atom. The van der Waals surface area contributed by atoms with Crippen LogP contribution in [0.15, 0.2) is 18.2 Å². The number of amides is 1. The summed E-state index contributed by atoms with van der Waals surface area (Å²) >= 11 is 5.71. The normalized spacial score (nSPS) is 11.1. The van der Waals surface area contributed by atoms with Crippen molar-refractivity contribution in [2.24, 2.45) is 0 Å². The summed E-state index contributed by atoms with van der Waals surface area (Å²) in [6.45, 7) is 5.23. The maximum absolute atomic E-state index is 13.4. The maximum Gasteiger partial charge on any atom is 0.306 e.